The van der Waals surface area contributed by atoms with Crippen LogP contribution in [0.25, 0.3) is 0 Å². The maximum absolute atomic E-state index is 13.7. The molecule has 7 nitrogen and oxygen atoms in total. The Morgan fingerprint density at radius 3 is 2.28 bits per heavy atom. The van der Waals surface area contributed by atoms with Crippen LogP contribution in [0.2, 0.25) is 0 Å². The number of benzene rings is 3. The molecule has 3 rings (SSSR count). The van der Waals surface area contributed by atoms with Gasteiger partial charge in [-0.15, -0.1) is 0 Å². The van der Waals surface area contributed by atoms with Crippen LogP contribution in [0.1, 0.15) is 19.4 Å². The van der Waals surface area contributed by atoms with Crippen molar-refractivity contribution < 1.29 is 18.0 Å². The van der Waals surface area contributed by atoms with Gasteiger partial charge in [0.15, 0.2) is 0 Å². The molecule has 10 heteroatoms. The average Bonchev–Trinajstić information content (AvgIpc) is 2.86. The van der Waals surface area contributed by atoms with E-state index < -0.39 is 28.5 Å². The first-order chi connectivity index (χ1) is 17.1. The lowest BCUT2D eigenvalue weighted by Gasteiger charge is -2.32. The molecule has 0 spiro atoms. The van der Waals surface area contributed by atoms with E-state index in [1.165, 1.54) is 17.0 Å². The zero-order valence-electron chi connectivity index (χ0n) is 19.9. The smallest absolute Gasteiger partial charge is 0.264 e. The fourth-order valence-corrected chi connectivity index (χ4v) is 5.83. The van der Waals surface area contributed by atoms with Crippen LogP contribution in [-0.4, -0.2) is 44.3 Å². The van der Waals surface area contributed by atoms with Crippen molar-refractivity contribution >= 4 is 66.0 Å². The van der Waals surface area contributed by atoms with Gasteiger partial charge in [-0.3, -0.25) is 13.9 Å². The highest BCUT2D eigenvalue weighted by molar-refractivity contribution is 14.1. The molecule has 0 saturated heterocycles. The molecule has 3 aromatic carbocycles. The second-order valence-corrected chi connectivity index (χ2v) is 12.0. The van der Waals surface area contributed by atoms with Gasteiger partial charge in [-0.2, -0.15) is 0 Å². The zero-order chi connectivity index (χ0) is 26.3. The minimum atomic E-state index is -4.06. The summed E-state index contributed by atoms with van der Waals surface area (Å²) < 4.78 is 30.2. The predicted molar refractivity (Wildman–Crippen MR) is 153 cm³/mol. The molecule has 1 N–H and O–H groups in total. The molecule has 0 aliphatic rings. The number of sulfonamides is 1. The van der Waals surface area contributed by atoms with E-state index in [1.54, 1.807) is 56.3 Å². The van der Waals surface area contributed by atoms with Gasteiger partial charge in [-0.05, 0) is 90.5 Å². The van der Waals surface area contributed by atoms with Crippen LogP contribution in [0.3, 0.4) is 0 Å². The second kappa shape index (κ2) is 12.7. The number of anilines is 1. The van der Waals surface area contributed by atoms with Gasteiger partial charge in [0.1, 0.15) is 12.6 Å². The van der Waals surface area contributed by atoms with Crippen molar-refractivity contribution in [2.75, 3.05) is 17.4 Å². The highest BCUT2D eigenvalue weighted by Gasteiger charge is 2.32. The summed E-state index contributed by atoms with van der Waals surface area (Å²) in [6.07, 6.45) is 0. The zero-order valence-corrected chi connectivity index (χ0v) is 24.5. The molecule has 2 amide bonds. The third kappa shape index (κ3) is 7.07. The van der Waals surface area contributed by atoms with Crippen molar-refractivity contribution in [2.24, 2.45) is 0 Å². The maximum Gasteiger partial charge on any atom is 0.264 e. The van der Waals surface area contributed by atoms with Crippen LogP contribution in [0.4, 0.5) is 5.69 Å². The number of carbonyl (C=O) groups excluding carboxylic acids is 2. The van der Waals surface area contributed by atoms with Crippen LogP contribution >= 0.6 is 38.5 Å². The normalized spacial score (nSPS) is 12.0. The van der Waals surface area contributed by atoms with Gasteiger partial charge in [-0.25, -0.2) is 8.42 Å². The first kappa shape index (κ1) is 28.1. The van der Waals surface area contributed by atoms with Crippen molar-refractivity contribution in [1.29, 1.82) is 0 Å². The molecule has 0 saturated carbocycles. The quantitative estimate of drug-likeness (QED) is 0.311. The van der Waals surface area contributed by atoms with Crippen LogP contribution < -0.4 is 9.62 Å². The molecule has 190 valence electrons. The number of hydrogen-bond donors (Lipinski definition) is 1. The SMILES string of the molecule is CCNC(=O)[C@H](C)N(Cc1cccc(Br)c1)C(=O)CN(c1ccc(I)cc1)S(=O)(=O)c1ccccc1. The molecule has 0 aliphatic heterocycles. The molecule has 0 fully saturated rings. The Kier molecular flexibility index (Phi) is 9.92. The lowest BCUT2D eigenvalue weighted by Crippen LogP contribution is -2.51. The molecule has 36 heavy (non-hydrogen) atoms. The Morgan fingerprint density at radius 2 is 1.67 bits per heavy atom. The first-order valence-electron chi connectivity index (χ1n) is 11.3. The summed E-state index contributed by atoms with van der Waals surface area (Å²) in [5.74, 6) is -0.806. The Labute approximate surface area is 234 Å². The van der Waals surface area contributed by atoms with E-state index in [1.807, 2.05) is 24.3 Å². The van der Waals surface area contributed by atoms with Crippen molar-refractivity contribution in [2.45, 2.75) is 31.3 Å². The van der Waals surface area contributed by atoms with Crippen molar-refractivity contribution in [1.82, 2.24) is 10.2 Å². The van der Waals surface area contributed by atoms with Crippen LogP contribution in [0, 0.1) is 3.57 Å². The Hall–Kier alpha value is -2.44. The molecule has 0 aromatic heterocycles. The van der Waals surface area contributed by atoms with Crippen molar-refractivity contribution in [3.63, 3.8) is 0 Å². The van der Waals surface area contributed by atoms with E-state index in [9.17, 15) is 18.0 Å². The predicted octanol–water partition coefficient (Wildman–Crippen LogP) is 4.80. The molecule has 0 unspecified atom stereocenters. The number of rotatable bonds is 10. The molecule has 0 radical (unpaired) electrons. The van der Waals surface area contributed by atoms with Crippen molar-refractivity contribution in [3.05, 3.63) is 92.5 Å². The van der Waals surface area contributed by atoms with Gasteiger partial charge in [0, 0.05) is 21.1 Å². The van der Waals surface area contributed by atoms with Gasteiger partial charge >= 0.3 is 0 Å². The van der Waals surface area contributed by atoms with Crippen LogP contribution in [-0.2, 0) is 26.2 Å². The lowest BCUT2D eigenvalue weighted by molar-refractivity contribution is -0.139. The number of likely N-dealkylation sites (N-methyl/N-ethyl adjacent to an activating group) is 1. The largest absolute Gasteiger partial charge is 0.355 e. The summed E-state index contributed by atoms with van der Waals surface area (Å²) in [7, 11) is -4.06. The molecule has 1 atom stereocenters. The fourth-order valence-electron chi connectivity index (χ4n) is 3.59. The first-order valence-corrected chi connectivity index (χ1v) is 14.6. The van der Waals surface area contributed by atoms with Gasteiger partial charge in [-0.1, -0.05) is 46.3 Å². The topological polar surface area (TPSA) is 86.8 Å². The van der Waals surface area contributed by atoms with E-state index >= 15 is 0 Å². The van der Waals surface area contributed by atoms with Gasteiger partial charge in [0.2, 0.25) is 11.8 Å². The Bertz CT molecular complexity index is 1300. The summed E-state index contributed by atoms with van der Waals surface area (Å²) in [5, 5.41) is 2.75. The Morgan fingerprint density at radius 1 is 1.00 bits per heavy atom. The summed E-state index contributed by atoms with van der Waals surface area (Å²) >= 11 is 5.57. The summed E-state index contributed by atoms with van der Waals surface area (Å²) in [6, 6.07) is 21.5. The minimum Gasteiger partial charge on any atom is -0.355 e. The van der Waals surface area contributed by atoms with E-state index in [0.29, 0.717) is 12.2 Å². The number of hydrogen-bond acceptors (Lipinski definition) is 4. The number of nitrogens with one attached hydrogen (secondary N) is 1. The average molecular weight is 684 g/mol. The van der Waals surface area contributed by atoms with E-state index in [4.69, 9.17) is 0 Å². The van der Waals surface area contributed by atoms with E-state index in [-0.39, 0.29) is 17.3 Å². The third-order valence-electron chi connectivity index (χ3n) is 5.48. The molecular formula is C26H27BrIN3O4S. The molecule has 0 heterocycles. The fraction of sp³-hybridized carbons (Fsp3) is 0.231. The summed E-state index contributed by atoms with van der Waals surface area (Å²) in [5.41, 5.74) is 1.17. The van der Waals surface area contributed by atoms with Crippen LogP contribution in [0.15, 0.2) is 88.2 Å². The summed E-state index contributed by atoms with van der Waals surface area (Å²) in [4.78, 5) is 27.9. The summed E-state index contributed by atoms with van der Waals surface area (Å²) in [6.45, 7) is 3.54. The highest BCUT2D eigenvalue weighted by atomic mass is 127. The minimum absolute atomic E-state index is 0.0756. The molecule has 3 aromatic rings. The molecule has 0 bridgehead atoms. The van der Waals surface area contributed by atoms with Gasteiger partial charge in [0.05, 0.1) is 10.6 Å². The lowest BCUT2D eigenvalue weighted by atomic mass is 10.1. The molecule has 0 aliphatic carbocycles. The number of amides is 2. The Balaban J connectivity index is 2.01. The monoisotopic (exact) mass is 683 g/mol. The number of nitrogens with zero attached hydrogens (tertiary/aromatic N) is 2. The standard InChI is InChI=1S/C26H27BrIN3O4S/c1-3-29-26(33)19(2)30(17-20-8-7-9-21(27)16-20)25(32)18-31(23-14-12-22(28)13-15-23)36(34,35)24-10-5-4-6-11-24/h4-16,19H,3,17-18H2,1-2H3,(H,29,33)/t19-/m0/s1. The van der Waals surface area contributed by atoms with Gasteiger partial charge in [0.25, 0.3) is 10.0 Å². The highest BCUT2D eigenvalue weighted by Crippen LogP contribution is 2.25. The number of halogens is 2. The molecular weight excluding hydrogens is 657 g/mol. The van der Waals surface area contributed by atoms with Crippen molar-refractivity contribution in [3.8, 4) is 0 Å². The van der Waals surface area contributed by atoms with Crippen LogP contribution in [0.5, 0.6) is 0 Å². The third-order valence-corrected chi connectivity index (χ3v) is 8.49. The second-order valence-electron chi connectivity index (χ2n) is 8.02. The van der Waals surface area contributed by atoms with E-state index in [2.05, 4.69) is 43.8 Å². The number of carbonyl (C=O) groups is 2. The van der Waals surface area contributed by atoms with E-state index in [0.717, 1.165) is 17.9 Å². The maximum atomic E-state index is 13.7. The van der Waals surface area contributed by atoms with Gasteiger partial charge < -0.3 is 10.2 Å².